The molecule has 0 aromatic rings. The summed E-state index contributed by atoms with van der Waals surface area (Å²) in [4.78, 5) is 11.0. The third kappa shape index (κ3) is 1.91. The lowest BCUT2D eigenvalue weighted by Crippen LogP contribution is -2.23. The molecule has 0 aliphatic carbocycles. The summed E-state index contributed by atoms with van der Waals surface area (Å²) >= 11 is 0. The number of ether oxygens (including phenoxy) is 2. The molecule has 2 aliphatic rings. The van der Waals surface area contributed by atoms with Crippen LogP contribution < -0.4 is 0 Å². The second kappa shape index (κ2) is 3.51. The van der Waals surface area contributed by atoms with Gasteiger partial charge in [0.05, 0.1) is 30.3 Å². The molecule has 0 saturated carbocycles. The van der Waals surface area contributed by atoms with Crippen LogP contribution in [0.4, 0.5) is 0 Å². The van der Waals surface area contributed by atoms with Crippen LogP contribution in [0, 0.1) is 5.92 Å². The summed E-state index contributed by atoms with van der Waals surface area (Å²) in [5.74, 6) is -1.14. The second-order valence-electron chi connectivity index (χ2n) is 4.11. The number of rotatable bonds is 5. The summed E-state index contributed by atoms with van der Waals surface area (Å²) < 4.78 is 10.5. The number of aliphatic carboxylic acids is 1. The van der Waals surface area contributed by atoms with Gasteiger partial charge in [0.1, 0.15) is 0 Å². The van der Waals surface area contributed by atoms with Crippen molar-refractivity contribution in [2.24, 2.45) is 5.92 Å². The van der Waals surface area contributed by atoms with Crippen LogP contribution in [0.5, 0.6) is 0 Å². The highest BCUT2D eigenvalue weighted by molar-refractivity contribution is 5.71. The van der Waals surface area contributed by atoms with Crippen molar-refractivity contribution in [2.75, 3.05) is 0 Å². The smallest absolute Gasteiger partial charge is 0.309 e. The van der Waals surface area contributed by atoms with Crippen molar-refractivity contribution in [3.05, 3.63) is 0 Å². The molecule has 4 nitrogen and oxygen atoms in total. The topological polar surface area (TPSA) is 62.4 Å². The molecule has 2 heterocycles. The normalized spacial score (nSPS) is 41.9. The molecule has 0 radical (unpaired) electrons. The fraction of sp³-hybridized carbons (Fsp3) is 0.900. The van der Waals surface area contributed by atoms with Crippen molar-refractivity contribution in [3.63, 3.8) is 0 Å². The minimum Gasteiger partial charge on any atom is -0.481 e. The van der Waals surface area contributed by atoms with E-state index in [0.29, 0.717) is 6.42 Å². The van der Waals surface area contributed by atoms with E-state index in [9.17, 15) is 4.79 Å². The highest BCUT2D eigenvalue weighted by Crippen LogP contribution is 2.38. The second-order valence-corrected chi connectivity index (χ2v) is 4.11. The molecule has 80 valence electrons. The fourth-order valence-electron chi connectivity index (χ4n) is 1.94. The van der Waals surface area contributed by atoms with E-state index in [1.807, 2.05) is 13.8 Å². The Morgan fingerprint density at radius 3 is 2.43 bits per heavy atom. The van der Waals surface area contributed by atoms with Gasteiger partial charge in [0, 0.05) is 0 Å². The molecule has 0 spiro atoms. The highest BCUT2D eigenvalue weighted by atomic mass is 16.6. The first-order chi connectivity index (χ1) is 6.63. The van der Waals surface area contributed by atoms with Gasteiger partial charge >= 0.3 is 5.97 Å². The number of epoxide rings is 2. The molecular weight excluding hydrogens is 184 g/mol. The van der Waals surface area contributed by atoms with Crippen molar-refractivity contribution in [3.8, 4) is 0 Å². The predicted molar refractivity (Wildman–Crippen MR) is 49.0 cm³/mol. The van der Waals surface area contributed by atoms with E-state index in [1.54, 1.807) is 0 Å². The van der Waals surface area contributed by atoms with Gasteiger partial charge in [-0.2, -0.15) is 0 Å². The van der Waals surface area contributed by atoms with Crippen LogP contribution in [0.15, 0.2) is 0 Å². The fourth-order valence-corrected chi connectivity index (χ4v) is 1.94. The summed E-state index contributed by atoms with van der Waals surface area (Å²) in [5, 5.41) is 9.02. The molecule has 5 atom stereocenters. The zero-order valence-electron chi connectivity index (χ0n) is 8.47. The monoisotopic (exact) mass is 200 g/mol. The molecule has 2 saturated heterocycles. The minimum atomic E-state index is -0.756. The summed E-state index contributed by atoms with van der Waals surface area (Å²) in [6.45, 7) is 3.98. The Morgan fingerprint density at radius 1 is 1.43 bits per heavy atom. The van der Waals surface area contributed by atoms with Crippen LogP contribution in [0.2, 0.25) is 0 Å². The first-order valence-electron chi connectivity index (χ1n) is 5.17. The average Bonchev–Trinajstić information content (AvgIpc) is 2.98. The van der Waals surface area contributed by atoms with E-state index in [2.05, 4.69) is 0 Å². The number of hydrogen-bond donors (Lipinski definition) is 1. The summed E-state index contributed by atoms with van der Waals surface area (Å²) in [6.07, 6.45) is 1.94. The zero-order valence-corrected chi connectivity index (χ0v) is 8.47. The predicted octanol–water partition coefficient (Wildman–Crippen LogP) is 1.04. The van der Waals surface area contributed by atoms with Crippen LogP contribution >= 0.6 is 0 Å². The molecule has 1 N–H and O–H groups in total. The summed E-state index contributed by atoms with van der Waals surface area (Å²) in [5.41, 5.74) is 0. The van der Waals surface area contributed by atoms with Gasteiger partial charge in [-0.05, 0) is 19.8 Å². The average molecular weight is 200 g/mol. The zero-order chi connectivity index (χ0) is 10.3. The summed E-state index contributed by atoms with van der Waals surface area (Å²) in [7, 11) is 0. The molecule has 2 aliphatic heterocycles. The molecule has 2 fully saturated rings. The molecule has 4 heteroatoms. The molecule has 2 rings (SSSR count). The van der Waals surface area contributed by atoms with Gasteiger partial charge in [-0.3, -0.25) is 4.79 Å². The molecule has 14 heavy (non-hydrogen) atoms. The van der Waals surface area contributed by atoms with Crippen molar-refractivity contribution < 1.29 is 19.4 Å². The van der Waals surface area contributed by atoms with E-state index in [-0.39, 0.29) is 30.3 Å². The molecule has 0 bridgehead atoms. The Morgan fingerprint density at radius 2 is 2.07 bits per heavy atom. The van der Waals surface area contributed by atoms with Crippen LogP contribution in [-0.2, 0) is 14.3 Å². The SMILES string of the molecule is CCC1OC1C(CC1OC1C)C(=O)O. The molecule has 5 unspecified atom stereocenters. The van der Waals surface area contributed by atoms with E-state index >= 15 is 0 Å². The largest absolute Gasteiger partial charge is 0.481 e. The Bertz CT molecular complexity index is 240. The summed E-state index contributed by atoms with van der Waals surface area (Å²) in [6, 6.07) is 0. The number of carboxylic acids is 1. The van der Waals surface area contributed by atoms with Crippen molar-refractivity contribution in [1.29, 1.82) is 0 Å². The van der Waals surface area contributed by atoms with E-state index in [0.717, 1.165) is 6.42 Å². The van der Waals surface area contributed by atoms with Crippen LogP contribution in [-0.4, -0.2) is 35.5 Å². The first kappa shape index (κ1) is 9.93. The van der Waals surface area contributed by atoms with Crippen molar-refractivity contribution in [1.82, 2.24) is 0 Å². The molecular formula is C10H16O4. The standard InChI is InChI=1S/C10H16O4/c1-3-7-9(14-7)6(10(11)12)4-8-5(2)13-8/h5-9H,3-4H2,1-2H3,(H,11,12). The van der Waals surface area contributed by atoms with E-state index < -0.39 is 5.97 Å². The van der Waals surface area contributed by atoms with Crippen molar-refractivity contribution in [2.45, 2.75) is 51.1 Å². The van der Waals surface area contributed by atoms with Gasteiger partial charge in [0.25, 0.3) is 0 Å². The van der Waals surface area contributed by atoms with Crippen LogP contribution in [0.3, 0.4) is 0 Å². The number of carbonyl (C=O) groups is 1. The maximum atomic E-state index is 11.0. The van der Waals surface area contributed by atoms with Gasteiger partial charge < -0.3 is 14.6 Å². The van der Waals surface area contributed by atoms with Crippen LogP contribution in [0.1, 0.15) is 26.7 Å². The maximum absolute atomic E-state index is 11.0. The Balaban J connectivity index is 1.86. The maximum Gasteiger partial charge on any atom is 0.309 e. The number of hydrogen-bond acceptors (Lipinski definition) is 3. The third-order valence-corrected chi connectivity index (χ3v) is 3.06. The highest BCUT2D eigenvalue weighted by Gasteiger charge is 2.50. The third-order valence-electron chi connectivity index (χ3n) is 3.06. The van der Waals surface area contributed by atoms with Gasteiger partial charge in [-0.1, -0.05) is 6.92 Å². The lowest BCUT2D eigenvalue weighted by molar-refractivity contribution is -0.142. The Labute approximate surface area is 83.2 Å². The molecule has 0 amide bonds. The van der Waals surface area contributed by atoms with Crippen LogP contribution in [0.25, 0.3) is 0 Å². The molecule has 0 aromatic heterocycles. The Hall–Kier alpha value is -0.610. The first-order valence-corrected chi connectivity index (χ1v) is 5.17. The van der Waals surface area contributed by atoms with E-state index in [4.69, 9.17) is 14.6 Å². The number of carboxylic acid groups (broad SMARTS) is 1. The lowest BCUT2D eigenvalue weighted by atomic mass is 9.96. The van der Waals surface area contributed by atoms with E-state index in [1.165, 1.54) is 0 Å². The van der Waals surface area contributed by atoms with Gasteiger partial charge in [-0.25, -0.2) is 0 Å². The lowest BCUT2D eigenvalue weighted by Gasteiger charge is -2.06. The van der Waals surface area contributed by atoms with Gasteiger partial charge in [-0.15, -0.1) is 0 Å². The molecule has 0 aromatic carbocycles. The minimum absolute atomic E-state index is 0.0751. The Kier molecular flexibility index (Phi) is 2.49. The van der Waals surface area contributed by atoms with Gasteiger partial charge in [0.15, 0.2) is 0 Å². The quantitative estimate of drug-likeness (QED) is 0.673. The van der Waals surface area contributed by atoms with Gasteiger partial charge in [0.2, 0.25) is 0 Å². The van der Waals surface area contributed by atoms with Crippen molar-refractivity contribution >= 4 is 5.97 Å².